The fraction of sp³-hybridized carbons (Fsp3) is 0.667. The summed E-state index contributed by atoms with van der Waals surface area (Å²) in [6, 6.07) is 4.93. The van der Waals surface area contributed by atoms with Crippen molar-refractivity contribution in [3.05, 3.63) is 29.3 Å². The van der Waals surface area contributed by atoms with E-state index in [4.69, 9.17) is 0 Å². The molecular formula is C18H31NO3S3. The summed E-state index contributed by atoms with van der Waals surface area (Å²) < 4.78 is 35.1. The second-order valence-electron chi connectivity index (χ2n) is 6.52. The third-order valence-electron chi connectivity index (χ3n) is 4.68. The summed E-state index contributed by atoms with van der Waals surface area (Å²) in [4.78, 5) is -0.0655. The molecule has 0 aliphatic carbocycles. The first-order chi connectivity index (χ1) is 11.7. The van der Waals surface area contributed by atoms with Gasteiger partial charge < -0.3 is 9.04 Å². The van der Waals surface area contributed by atoms with Crippen molar-refractivity contribution in [3.8, 4) is 0 Å². The van der Waals surface area contributed by atoms with Gasteiger partial charge in [0.25, 0.3) is 0 Å². The second kappa shape index (κ2) is 10.8. The molecule has 0 N–H and O–H groups in total. The van der Waals surface area contributed by atoms with Crippen LogP contribution in [0.25, 0.3) is 0 Å². The van der Waals surface area contributed by atoms with Gasteiger partial charge in [-0.1, -0.05) is 17.7 Å². The molecular weight excluding hydrogens is 374 g/mol. The van der Waals surface area contributed by atoms with Gasteiger partial charge in [0.15, 0.2) is 0 Å². The Morgan fingerprint density at radius 3 is 2.20 bits per heavy atom. The predicted molar refractivity (Wildman–Crippen MR) is 110 cm³/mol. The van der Waals surface area contributed by atoms with E-state index in [1.807, 2.05) is 36.5 Å². The average Bonchev–Trinajstić information content (AvgIpc) is 2.56. The van der Waals surface area contributed by atoms with Crippen LogP contribution in [0, 0.1) is 6.92 Å². The van der Waals surface area contributed by atoms with Crippen LogP contribution in [-0.2, 0) is 16.5 Å². The Bertz CT molecular complexity index is 628. The van der Waals surface area contributed by atoms with Crippen molar-refractivity contribution in [3.63, 3.8) is 0 Å². The summed E-state index contributed by atoms with van der Waals surface area (Å²) in [5, 5.41) is 0. The Morgan fingerprint density at radius 2 is 1.64 bits per heavy atom. The fourth-order valence-electron chi connectivity index (χ4n) is 2.48. The van der Waals surface area contributed by atoms with Crippen LogP contribution < -0.4 is 0 Å². The van der Waals surface area contributed by atoms with Crippen molar-refractivity contribution in [1.82, 2.24) is 0 Å². The van der Waals surface area contributed by atoms with Crippen molar-refractivity contribution in [2.45, 2.75) is 32.1 Å². The van der Waals surface area contributed by atoms with Gasteiger partial charge in [-0.15, -0.1) is 0 Å². The van der Waals surface area contributed by atoms with Crippen LogP contribution in [0.1, 0.15) is 25.0 Å². The lowest BCUT2D eigenvalue weighted by Crippen LogP contribution is -2.45. The van der Waals surface area contributed by atoms with E-state index in [0.717, 1.165) is 27.3 Å². The fourth-order valence-corrected chi connectivity index (χ4v) is 5.48. The first kappa shape index (κ1) is 22.8. The molecule has 0 spiro atoms. The molecule has 0 heterocycles. The lowest BCUT2D eigenvalue weighted by Gasteiger charge is -2.31. The summed E-state index contributed by atoms with van der Waals surface area (Å²) >= 11 is 3.80. The molecule has 0 aliphatic heterocycles. The predicted octanol–water partition coefficient (Wildman–Crippen LogP) is 3.39. The van der Waals surface area contributed by atoms with Crippen LogP contribution in [0.5, 0.6) is 0 Å². The second-order valence-corrected chi connectivity index (χ2v) is 10.3. The number of thioether (sulfide) groups is 2. The van der Waals surface area contributed by atoms with E-state index in [9.17, 15) is 13.0 Å². The van der Waals surface area contributed by atoms with Gasteiger partial charge in [-0.25, -0.2) is 8.42 Å². The van der Waals surface area contributed by atoms with E-state index in [1.165, 1.54) is 31.5 Å². The van der Waals surface area contributed by atoms with Crippen LogP contribution in [0.4, 0.5) is 0 Å². The summed E-state index contributed by atoms with van der Waals surface area (Å²) in [5.41, 5.74) is 1.63. The molecule has 0 fully saturated rings. The standard InChI is InChI=1S/C18H31NO3S3/c1-5-19(4,6-2)10-12-24-14-13-23-11-9-17-15-16(3)7-8-18(17)25(20,21)22/h7-8,15H,5-6,9-14H2,1-4H3. The summed E-state index contributed by atoms with van der Waals surface area (Å²) in [7, 11) is -2.08. The molecule has 7 heteroatoms. The smallest absolute Gasteiger partial charge is 0.124 e. The van der Waals surface area contributed by atoms with Gasteiger partial charge >= 0.3 is 0 Å². The van der Waals surface area contributed by atoms with E-state index >= 15 is 0 Å². The van der Waals surface area contributed by atoms with Crippen molar-refractivity contribution < 1.29 is 17.5 Å². The molecule has 0 saturated carbocycles. The maximum Gasteiger partial charge on any atom is 0.124 e. The highest BCUT2D eigenvalue weighted by Gasteiger charge is 2.15. The zero-order chi connectivity index (χ0) is 18.9. The topological polar surface area (TPSA) is 57.2 Å². The molecule has 0 unspecified atom stereocenters. The van der Waals surface area contributed by atoms with Crippen molar-refractivity contribution in [2.24, 2.45) is 0 Å². The minimum absolute atomic E-state index is 0.0655. The molecule has 1 aromatic carbocycles. The highest BCUT2D eigenvalue weighted by Crippen LogP contribution is 2.20. The van der Waals surface area contributed by atoms with Gasteiger partial charge in [0.1, 0.15) is 10.1 Å². The quantitative estimate of drug-likeness (QED) is 0.303. The molecule has 0 radical (unpaired) electrons. The van der Waals surface area contributed by atoms with Crippen LogP contribution in [0.15, 0.2) is 23.1 Å². The Hall–Kier alpha value is -0.210. The van der Waals surface area contributed by atoms with E-state index in [1.54, 1.807) is 6.07 Å². The van der Waals surface area contributed by atoms with Crippen LogP contribution >= 0.6 is 23.5 Å². The lowest BCUT2D eigenvalue weighted by molar-refractivity contribution is -0.903. The molecule has 1 aromatic rings. The minimum Gasteiger partial charge on any atom is -0.744 e. The zero-order valence-corrected chi connectivity index (χ0v) is 18.2. The normalized spacial score (nSPS) is 12.5. The van der Waals surface area contributed by atoms with Gasteiger partial charge in [-0.2, -0.15) is 23.5 Å². The Labute approximate surface area is 162 Å². The first-order valence-electron chi connectivity index (χ1n) is 8.76. The van der Waals surface area contributed by atoms with Gasteiger partial charge in [0.2, 0.25) is 0 Å². The van der Waals surface area contributed by atoms with Gasteiger partial charge in [0, 0.05) is 17.3 Å². The number of hydrogen-bond donors (Lipinski definition) is 0. The van der Waals surface area contributed by atoms with Crippen molar-refractivity contribution in [2.75, 3.05) is 49.7 Å². The summed E-state index contributed by atoms with van der Waals surface area (Å²) in [5.74, 6) is 4.18. The first-order valence-corrected chi connectivity index (χ1v) is 12.5. The van der Waals surface area contributed by atoms with Gasteiger partial charge in [-0.05, 0) is 44.6 Å². The molecule has 0 aromatic heterocycles. The number of hydrogen-bond acceptors (Lipinski definition) is 5. The zero-order valence-electron chi connectivity index (χ0n) is 15.8. The van der Waals surface area contributed by atoms with Crippen molar-refractivity contribution >= 4 is 33.6 Å². The molecule has 0 saturated heterocycles. The Balaban J connectivity index is 2.30. The number of rotatable bonds is 12. The van der Waals surface area contributed by atoms with E-state index in [0.29, 0.717) is 12.0 Å². The van der Waals surface area contributed by atoms with Gasteiger partial charge in [0.05, 0.1) is 31.6 Å². The molecule has 0 atom stereocenters. The summed E-state index contributed by atoms with van der Waals surface area (Å²) in [6.07, 6.45) is 0.619. The minimum atomic E-state index is -4.39. The largest absolute Gasteiger partial charge is 0.744 e. The SMILES string of the molecule is CC[N+](C)(CC)CCSCCSCCc1cc(C)ccc1S(=O)(=O)[O-]. The molecule has 0 bridgehead atoms. The summed E-state index contributed by atoms with van der Waals surface area (Å²) in [6.45, 7) is 9.95. The molecule has 1 rings (SSSR count). The van der Waals surface area contributed by atoms with E-state index < -0.39 is 10.1 Å². The average molecular weight is 406 g/mol. The Kier molecular flexibility index (Phi) is 9.88. The number of benzene rings is 1. The highest BCUT2D eigenvalue weighted by atomic mass is 32.2. The molecule has 4 nitrogen and oxygen atoms in total. The number of quaternary nitrogens is 1. The number of aryl methyl sites for hydroxylation is 2. The lowest BCUT2D eigenvalue weighted by atomic mass is 10.1. The Morgan fingerprint density at radius 1 is 1.04 bits per heavy atom. The molecule has 144 valence electrons. The van der Waals surface area contributed by atoms with E-state index in [-0.39, 0.29) is 4.90 Å². The molecule has 0 amide bonds. The third kappa shape index (κ3) is 8.35. The maximum atomic E-state index is 11.3. The van der Waals surface area contributed by atoms with Crippen molar-refractivity contribution in [1.29, 1.82) is 0 Å². The van der Waals surface area contributed by atoms with Crippen LogP contribution in [0.3, 0.4) is 0 Å². The van der Waals surface area contributed by atoms with E-state index in [2.05, 4.69) is 20.9 Å². The molecule has 25 heavy (non-hydrogen) atoms. The van der Waals surface area contributed by atoms with Crippen LogP contribution in [0.2, 0.25) is 0 Å². The van der Waals surface area contributed by atoms with Crippen LogP contribution in [-0.4, -0.2) is 67.1 Å². The monoisotopic (exact) mass is 405 g/mol. The highest BCUT2D eigenvalue weighted by molar-refractivity contribution is 8.02. The molecule has 0 aliphatic rings. The third-order valence-corrected chi connectivity index (χ3v) is 7.82. The maximum absolute atomic E-state index is 11.3. The number of nitrogens with zero attached hydrogens (tertiary/aromatic N) is 1. The van der Waals surface area contributed by atoms with Gasteiger partial charge in [-0.3, -0.25) is 0 Å².